The zero-order chi connectivity index (χ0) is 11.3. The summed E-state index contributed by atoms with van der Waals surface area (Å²) in [4.78, 5) is 24.2. The fourth-order valence-electron chi connectivity index (χ4n) is 1.23. The second-order valence-corrected chi connectivity index (χ2v) is 2.92. The molecule has 0 saturated heterocycles. The van der Waals surface area contributed by atoms with Gasteiger partial charge in [0.15, 0.2) is 0 Å². The monoisotopic (exact) mass is 211 g/mol. The van der Waals surface area contributed by atoms with Gasteiger partial charge in [-0.1, -0.05) is 12.2 Å². The van der Waals surface area contributed by atoms with Gasteiger partial charge in [-0.3, -0.25) is 0 Å². The molecule has 0 fully saturated rings. The van der Waals surface area contributed by atoms with Crippen LogP contribution in [0.2, 0.25) is 0 Å². The van der Waals surface area contributed by atoms with Crippen molar-refractivity contribution >= 4 is 11.9 Å². The molecule has 1 aliphatic rings. The summed E-state index contributed by atoms with van der Waals surface area (Å²) in [6.07, 6.45) is 4.96. The van der Waals surface area contributed by atoms with Crippen LogP contribution >= 0.6 is 0 Å². The van der Waals surface area contributed by atoms with E-state index in [2.05, 4.69) is 9.47 Å². The lowest BCUT2D eigenvalue weighted by molar-refractivity contribution is -0.139. The standard InChI is InChI=1S/C10H13NO4/c1-14-9(12)7-8(10(13)15-2)11-5-3-4-6-11/h3-4,7H,5-6H2,1-2H3. The molecule has 5 nitrogen and oxygen atoms in total. The molecule has 1 heterocycles. The van der Waals surface area contributed by atoms with Gasteiger partial charge in [-0.25, -0.2) is 9.59 Å². The van der Waals surface area contributed by atoms with E-state index in [4.69, 9.17) is 0 Å². The molecule has 0 N–H and O–H groups in total. The third kappa shape index (κ3) is 2.83. The Morgan fingerprint density at radius 3 is 2.27 bits per heavy atom. The van der Waals surface area contributed by atoms with Gasteiger partial charge in [-0.2, -0.15) is 0 Å². The van der Waals surface area contributed by atoms with E-state index in [1.54, 1.807) is 4.90 Å². The molecule has 0 aromatic carbocycles. The number of ether oxygens (including phenoxy) is 2. The van der Waals surface area contributed by atoms with Crippen molar-refractivity contribution in [3.8, 4) is 0 Å². The number of rotatable bonds is 3. The highest BCUT2D eigenvalue weighted by Crippen LogP contribution is 2.11. The topological polar surface area (TPSA) is 55.8 Å². The first-order valence-electron chi connectivity index (χ1n) is 4.47. The second-order valence-electron chi connectivity index (χ2n) is 2.92. The van der Waals surface area contributed by atoms with Crippen LogP contribution in [0.25, 0.3) is 0 Å². The Balaban J connectivity index is 2.82. The number of hydrogen-bond acceptors (Lipinski definition) is 5. The first kappa shape index (κ1) is 11.3. The van der Waals surface area contributed by atoms with Crippen LogP contribution in [0, 0.1) is 0 Å². The molecule has 0 unspecified atom stereocenters. The Morgan fingerprint density at radius 2 is 1.80 bits per heavy atom. The van der Waals surface area contributed by atoms with E-state index in [-0.39, 0.29) is 5.70 Å². The zero-order valence-electron chi connectivity index (χ0n) is 8.73. The summed E-state index contributed by atoms with van der Waals surface area (Å²) in [5.41, 5.74) is 0.217. The van der Waals surface area contributed by atoms with Gasteiger partial charge in [-0.15, -0.1) is 0 Å². The Labute approximate surface area is 87.9 Å². The molecule has 0 aromatic rings. The lowest BCUT2D eigenvalue weighted by atomic mass is 10.3. The highest BCUT2D eigenvalue weighted by Gasteiger charge is 2.20. The van der Waals surface area contributed by atoms with Crippen molar-refractivity contribution in [2.45, 2.75) is 0 Å². The van der Waals surface area contributed by atoms with E-state index in [1.165, 1.54) is 14.2 Å². The van der Waals surface area contributed by atoms with E-state index < -0.39 is 11.9 Å². The average Bonchev–Trinajstić information content (AvgIpc) is 2.77. The predicted molar refractivity (Wildman–Crippen MR) is 52.8 cm³/mol. The Morgan fingerprint density at radius 1 is 1.20 bits per heavy atom. The van der Waals surface area contributed by atoms with Crippen molar-refractivity contribution in [3.63, 3.8) is 0 Å². The smallest absolute Gasteiger partial charge is 0.354 e. The molecule has 5 heteroatoms. The minimum atomic E-state index is -0.567. The van der Waals surface area contributed by atoms with E-state index in [0.29, 0.717) is 13.1 Å². The molecule has 0 aromatic heterocycles. The molecule has 1 rings (SSSR count). The molecule has 1 aliphatic heterocycles. The number of hydrogen-bond donors (Lipinski definition) is 0. The number of carbonyl (C=O) groups excluding carboxylic acids is 2. The molecule has 0 aliphatic carbocycles. The quantitative estimate of drug-likeness (QED) is 0.376. The summed E-state index contributed by atoms with van der Waals surface area (Å²) >= 11 is 0. The van der Waals surface area contributed by atoms with Gasteiger partial charge < -0.3 is 14.4 Å². The SMILES string of the molecule is COC(=O)C=C(C(=O)OC)N1CC=CC1. The Kier molecular flexibility index (Phi) is 3.91. The lowest BCUT2D eigenvalue weighted by Crippen LogP contribution is -2.27. The van der Waals surface area contributed by atoms with E-state index in [1.807, 2.05) is 12.2 Å². The van der Waals surface area contributed by atoms with Gasteiger partial charge in [0, 0.05) is 13.1 Å². The molecular weight excluding hydrogens is 198 g/mol. The molecule has 0 amide bonds. The zero-order valence-corrected chi connectivity index (χ0v) is 8.73. The average molecular weight is 211 g/mol. The van der Waals surface area contributed by atoms with Crippen LogP contribution < -0.4 is 0 Å². The summed E-state index contributed by atoms with van der Waals surface area (Å²) in [7, 11) is 2.53. The molecule has 82 valence electrons. The maximum Gasteiger partial charge on any atom is 0.354 e. The largest absolute Gasteiger partial charge is 0.466 e. The molecule has 0 saturated carbocycles. The number of methoxy groups -OCH3 is 2. The minimum Gasteiger partial charge on any atom is -0.466 e. The number of nitrogens with zero attached hydrogens (tertiary/aromatic N) is 1. The summed E-state index contributed by atoms with van der Waals surface area (Å²) in [5.74, 6) is -1.11. The maximum atomic E-state index is 11.4. The van der Waals surface area contributed by atoms with Crippen molar-refractivity contribution in [2.24, 2.45) is 0 Å². The van der Waals surface area contributed by atoms with Crippen LogP contribution in [0.4, 0.5) is 0 Å². The van der Waals surface area contributed by atoms with E-state index >= 15 is 0 Å². The van der Waals surface area contributed by atoms with Crippen molar-refractivity contribution in [2.75, 3.05) is 27.3 Å². The van der Waals surface area contributed by atoms with Gasteiger partial charge >= 0.3 is 11.9 Å². The van der Waals surface area contributed by atoms with E-state index in [0.717, 1.165) is 6.08 Å². The van der Waals surface area contributed by atoms with Gasteiger partial charge in [0.25, 0.3) is 0 Å². The van der Waals surface area contributed by atoms with Gasteiger partial charge in [0.2, 0.25) is 0 Å². The van der Waals surface area contributed by atoms with Crippen LogP contribution in [0.3, 0.4) is 0 Å². The van der Waals surface area contributed by atoms with Crippen LogP contribution in [-0.4, -0.2) is 44.1 Å². The fourth-order valence-corrected chi connectivity index (χ4v) is 1.23. The third-order valence-electron chi connectivity index (χ3n) is 2.01. The van der Waals surface area contributed by atoms with Crippen molar-refractivity contribution in [3.05, 3.63) is 23.9 Å². The van der Waals surface area contributed by atoms with Crippen molar-refractivity contribution < 1.29 is 19.1 Å². The fraction of sp³-hybridized carbons (Fsp3) is 0.400. The molecule has 0 atom stereocenters. The first-order chi connectivity index (χ1) is 7.19. The van der Waals surface area contributed by atoms with E-state index in [9.17, 15) is 9.59 Å². The molecular formula is C10H13NO4. The highest BCUT2D eigenvalue weighted by molar-refractivity contribution is 5.95. The van der Waals surface area contributed by atoms with Crippen molar-refractivity contribution in [1.82, 2.24) is 4.90 Å². The number of carbonyl (C=O) groups is 2. The summed E-state index contributed by atoms with van der Waals surface area (Å²) < 4.78 is 9.05. The molecule has 15 heavy (non-hydrogen) atoms. The minimum absolute atomic E-state index is 0.217. The first-order valence-corrected chi connectivity index (χ1v) is 4.47. The highest BCUT2D eigenvalue weighted by atomic mass is 16.5. The second kappa shape index (κ2) is 5.19. The lowest BCUT2D eigenvalue weighted by Gasteiger charge is -2.18. The van der Waals surface area contributed by atoms with Crippen LogP contribution in [0.15, 0.2) is 23.9 Å². The molecule has 0 bridgehead atoms. The number of esters is 2. The van der Waals surface area contributed by atoms with Crippen LogP contribution in [0.1, 0.15) is 0 Å². The summed E-state index contributed by atoms with van der Waals surface area (Å²) in [6.45, 7) is 1.19. The van der Waals surface area contributed by atoms with Crippen molar-refractivity contribution in [1.29, 1.82) is 0 Å². The van der Waals surface area contributed by atoms with Gasteiger partial charge in [0.1, 0.15) is 5.70 Å². The van der Waals surface area contributed by atoms with Crippen LogP contribution in [0.5, 0.6) is 0 Å². The predicted octanol–water partition coefficient (Wildman–Crippen LogP) is 0.0881. The third-order valence-corrected chi connectivity index (χ3v) is 2.01. The maximum absolute atomic E-state index is 11.4. The summed E-state index contributed by atoms with van der Waals surface area (Å²) in [5, 5.41) is 0. The Hall–Kier alpha value is -1.78. The molecule has 0 radical (unpaired) electrons. The molecule has 0 spiro atoms. The summed E-state index contributed by atoms with van der Waals surface area (Å²) in [6, 6.07) is 0. The van der Waals surface area contributed by atoms with Gasteiger partial charge in [-0.05, 0) is 0 Å². The van der Waals surface area contributed by atoms with Crippen LogP contribution in [-0.2, 0) is 19.1 Å². The van der Waals surface area contributed by atoms with Gasteiger partial charge in [0.05, 0.1) is 20.3 Å². The Bertz CT molecular complexity index is 311. The normalized spacial score (nSPS) is 15.3.